The van der Waals surface area contributed by atoms with E-state index in [0.29, 0.717) is 6.42 Å². The van der Waals surface area contributed by atoms with Crippen molar-refractivity contribution in [3.63, 3.8) is 0 Å². The lowest BCUT2D eigenvalue weighted by Crippen LogP contribution is -2.63. The number of amides is 1. The van der Waals surface area contributed by atoms with Crippen molar-refractivity contribution in [1.82, 2.24) is 5.32 Å². The molecule has 0 saturated carbocycles. The minimum absolute atomic E-state index is 0.155. The van der Waals surface area contributed by atoms with Gasteiger partial charge in [0.1, 0.15) is 30.5 Å². The Morgan fingerprint density at radius 1 is 0.678 bits per heavy atom. The van der Waals surface area contributed by atoms with E-state index in [4.69, 9.17) is 15.2 Å². The average molecular weight is 843 g/mol. The summed E-state index contributed by atoms with van der Waals surface area (Å²) < 4.78 is 11.3. The molecule has 0 aromatic rings. The van der Waals surface area contributed by atoms with Gasteiger partial charge in [-0.15, -0.1) is 0 Å². The highest BCUT2D eigenvalue weighted by Gasteiger charge is 2.43. The first kappa shape index (κ1) is 55.9. The Morgan fingerprint density at radius 2 is 1.14 bits per heavy atom. The summed E-state index contributed by atoms with van der Waals surface area (Å²) in [5, 5.41) is 65.6. The third-order valence-electron chi connectivity index (χ3n) is 12.1. The number of rotatable bonds is 40. The van der Waals surface area contributed by atoms with Crippen molar-refractivity contribution in [3.8, 4) is 0 Å². The fraction of sp³-hybridized carbons (Fsp3) is 0.938. The number of nitrogens with two attached hydrogens (primary N) is 1. The molecule has 9 unspecified atom stereocenters. The molecular formula is C48H94N2O9. The highest BCUT2D eigenvalue weighted by atomic mass is 16.7. The van der Waals surface area contributed by atoms with E-state index in [9.17, 15) is 35.4 Å². The van der Waals surface area contributed by atoms with Gasteiger partial charge in [-0.3, -0.25) is 4.79 Å². The number of carbonyl (C=O) groups excluding carboxylic acids is 1. The zero-order chi connectivity index (χ0) is 43.5. The molecule has 1 heterocycles. The van der Waals surface area contributed by atoms with E-state index >= 15 is 0 Å². The summed E-state index contributed by atoms with van der Waals surface area (Å²) in [5.41, 5.74) is 6.03. The molecule has 0 bridgehead atoms. The second-order valence-corrected chi connectivity index (χ2v) is 18.1. The first-order valence-corrected chi connectivity index (χ1v) is 24.5. The van der Waals surface area contributed by atoms with Crippen molar-refractivity contribution in [3.05, 3.63) is 12.2 Å². The van der Waals surface area contributed by atoms with Crippen LogP contribution >= 0.6 is 0 Å². The van der Waals surface area contributed by atoms with E-state index in [-0.39, 0.29) is 19.4 Å². The van der Waals surface area contributed by atoms with E-state index in [1.807, 2.05) is 12.2 Å². The fourth-order valence-electron chi connectivity index (χ4n) is 7.96. The number of carbonyl (C=O) groups is 1. The summed E-state index contributed by atoms with van der Waals surface area (Å²) in [5.74, 6) is 0.107. The van der Waals surface area contributed by atoms with Crippen molar-refractivity contribution in [2.24, 2.45) is 11.7 Å². The molecule has 0 aliphatic carbocycles. The maximum atomic E-state index is 13.1. The summed E-state index contributed by atoms with van der Waals surface area (Å²) in [4.78, 5) is 13.1. The topological polar surface area (TPSA) is 195 Å². The van der Waals surface area contributed by atoms with Crippen molar-refractivity contribution in [2.75, 3.05) is 13.2 Å². The normalized spacial score (nSPS) is 21.9. The van der Waals surface area contributed by atoms with Gasteiger partial charge in [0.15, 0.2) is 6.29 Å². The number of allylic oxidation sites excluding steroid dienone is 1. The van der Waals surface area contributed by atoms with Gasteiger partial charge in [-0.05, 0) is 31.6 Å². The number of aliphatic hydroxyl groups is 6. The first-order valence-electron chi connectivity index (χ1n) is 24.5. The Hall–Kier alpha value is -1.15. The van der Waals surface area contributed by atoms with Gasteiger partial charge in [0, 0.05) is 0 Å². The molecule has 1 fully saturated rings. The monoisotopic (exact) mass is 843 g/mol. The summed E-state index contributed by atoms with van der Waals surface area (Å²) in [6.45, 7) is 5.88. The minimum Gasteiger partial charge on any atom is -0.394 e. The van der Waals surface area contributed by atoms with Gasteiger partial charge in [0.05, 0.1) is 31.4 Å². The lowest BCUT2D eigenvalue weighted by Gasteiger charge is -2.41. The lowest BCUT2D eigenvalue weighted by atomic mass is 9.97. The second-order valence-electron chi connectivity index (χ2n) is 18.1. The quantitative estimate of drug-likeness (QED) is 0.0220. The molecule has 11 nitrogen and oxygen atoms in total. The molecule has 59 heavy (non-hydrogen) atoms. The van der Waals surface area contributed by atoms with Gasteiger partial charge in [-0.1, -0.05) is 200 Å². The summed E-state index contributed by atoms with van der Waals surface area (Å²) in [6.07, 6.45) is 29.8. The zero-order valence-corrected chi connectivity index (χ0v) is 38.0. The summed E-state index contributed by atoms with van der Waals surface area (Å²) in [7, 11) is 0. The second kappa shape index (κ2) is 37.4. The molecule has 0 aromatic carbocycles. The third-order valence-corrected chi connectivity index (χ3v) is 12.1. The van der Waals surface area contributed by atoms with E-state index in [1.165, 1.54) is 135 Å². The number of unbranched alkanes of at least 4 members (excludes halogenated alkanes) is 25. The molecule has 9 N–H and O–H groups in total. The summed E-state index contributed by atoms with van der Waals surface area (Å²) >= 11 is 0. The smallest absolute Gasteiger partial charge is 0.249 e. The van der Waals surface area contributed by atoms with Crippen LogP contribution in [-0.4, -0.2) is 105 Å². The molecule has 11 heteroatoms. The van der Waals surface area contributed by atoms with Crippen LogP contribution in [-0.2, 0) is 14.3 Å². The van der Waals surface area contributed by atoms with Crippen molar-refractivity contribution < 1.29 is 44.9 Å². The molecule has 1 aliphatic rings. The van der Waals surface area contributed by atoms with E-state index in [2.05, 4.69) is 26.1 Å². The van der Waals surface area contributed by atoms with Crippen LogP contribution in [0.2, 0.25) is 0 Å². The van der Waals surface area contributed by atoms with Crippen LogP contribution in [0.25, 0.3) is 0 Å². The number of hydrogen-bond donors (Lipinski definition) is 8. The Bertz CT molecular complexity index is 986. The maximum absolute atomic E-state index is 13.1. The van der Waals surface area contributed by atoms with Crippen molar-refractivity contribution in [2.45, 2.75) is 268 Å². The predicted octanol–water partition coefficient (Wildman–Crippen LogP) is 8.27. The van der Waals surface area contributed by atoms with Gasteiger partial charge in [-0.25, -0.2) is 0 Å². The van der Waals surface area contributed by atoms with E-state index < -0.39 is 67.5 Å². The molecule has 1 saturated heterocycles. The van der Waals surface area contributed by atoms with Gasteiger partial charge in [-0.2, -0.15) is 0 Å². The molecule has 9 atom stereocenters. The van der Waals surface area contributed by atoms with Crippen molar-refractivity contribution >= 4 is 5.91 Å². The molecule has 1 rings (SSSR count). The molecule has 0 spiro atoms. The summed E-state index contributed by atoms with van der Waals surface area (Å²) in [6, 6.07) is -2.31. The predicted molar refractivity (Wildman–Crippen MR) is 240 cm³/mol. The van der Waals surface area contributed by atoms with Crippen LogP contribution in [0.1, 0.15) is 213 Å². The number of ether oxygens (including phenoxy) is 2. The Labute approximate surface area is 360 Å². The minimum atomic E-state index is -1.45. The van der Waals surface area contributed by atoms with E-state index in [0.717, 1.165) is 44.4 Å². The van der Waals surface area contributed by atoms with Crippen LogP contribution in [0, 0.1) is 5.92 Å². The third kappa shape index (κ3) is 28.2. The number of hydrogen-bond acceptors (Lipinski definition) is 10. The van der Waals surface area contributed by atoms with Crippen LogP contribution in [0.5, 0.6) is 0 Å². The van der Waals surface area contributed by atoms with Gasteiger partial charge in [0.2, 0.25) is 5.91 Å². The molecular weight excluding hydrogens is 749 g/mol. The molecule has 0 radical (unpaired) electrons. The van der Waals surface area contributed by atoms with E-state index in [1.54, 1.807) is 0 Å². The van der Waals surface area contributed by atoms with Crippen LogP contribution < -0.4 is 11.1 Å². The number of nitrogens with one attached hydrogen (secondary N) is 1. The standard InChI is InChI=1S/C48H94N2O9/c1-4-5-6-7-8-9-10-11-12-13-14-15-16-19-23-26-29-32-35-41(53)47(57)50-39(37-58-48-43(49)46(56)45(55)42(36-51)59-48)44(54)40(52)34-31-28-25-22-20-17-18-21-24-27-30-33-38(2)3/h28,31,38-46,48,51-56H,4-27,29-30,32-37,49H2,1-3H3,(H,50,57). The van der Waals surface area contributed by atoms with Crippen LogP contribution in [0.15, 0.2) is 12.2 Å². The highest BCUT2D eigenvalue weighted by Crippen LogP contribution is 2.22. The SMILES string of the molecule is CCCCCCCCCCCCCCCCCCCCC(O)C(=O)NC(COC1OC(CO)C(O)C(O)C1N)C(O)C(O)CC=CCCCCCCCCCCC(C)C. The molecule has 350 valence electrons. The maximum Gasteiger partial charge on any atom is 0.249 e. The fourth-order valence-corrected chi connectivity index (χ4v) is 7.96. The first-order chi connectivity index (χ1) is 28.5. The van der Waals surface area contributed by atoms with Crippen molar-refractivity contribution in [1.29, 1.82) is 0 Å². The largest absolute Gasteiger partial charge is 0.394 e. The Morgan fingerprint density at radius 3 is 1.61 bits per heavy atom. The van der Waals surface area contributed by atoms with Gasteiger partial charge in [0.25, 0.3) is 0 Å². The molecule has 1 aliphatic heterocycles. The van der Waals surface area contributed by atoms with Crippen LogP contribution in [0.3, 0.4) is 0 Å². The zero-order valence-electron chi connectivity index (χ0n) is 38.0. The highest BCUT2D eigenvalue weighted by molar-refractivity contribution is 5.80. The molecule has 0 aromatic heterocycles. The molecule has 1 amide bonds. The van der Waals surface area contributed by atoms with Gasteiger partial charge < -0.3 is 51.2 Å². The van der Waals surface area contributed by atoms with Gasteiger partial charge >= 0.3 is 0 Å². The number of aliphatic hydroxyl groups excluding tert-OH is 6. The van der Waals surface area contributed by atoms with Crippen LogP contribution in [0.4, 0.5) is 0 Å². The Kier molecular flexibility index (Phi) is 35.4. The lowest BCUT2D eigenvalue weighted by molar-refractivity contribution is -0.268. The Balaban J connectivity index is 2.43. The average Bonchev–Trinajstić information content (AvgIpc) is 3.22.